The van der Waals surface area contributed by atoms with Crippen molar-refractivity contribution in [1.29, 1.82) is 5.26 Å². The van der Waals surface area contributed by atoms with Gasteiger partial charge in [-0.1, -0.05) is 19.9 Å². The fourth-order valence-electron chi connectivity index (χ4n) is 3.36. The second-order valence-corrected chi connectivity index (χ2v) is 7.08. The number of anilines is 1. The normalized spacial score (nSPS) is 15.9. The number of hydrogen-bond acceptors (Lipinski definition) is 4. The number of nitrogens with one attached hydrogen (secondary N) is 2. The van der Waals surface area contributed by atoms with Crippen molar-refractivity contribution in [2.75, 3.05) is 11.9 Å². The van der Waals surface area contributed by atoms with Crippen molar-refractivity contribution in [3.63, 3.8) is 0 Å². The van der Waals surface area contributed by atoms with Crippen LogP contribution in [0.3, 0.4) is 0 Å². The molecule has 1 aromatic carbocycles. The van der Waals surface area contributed by atoms with Crippen molar-refractivity contribution in [2.45, 2.75) is 45.6 Å². The molecule has 1 fully saturated rings. The second-order valence-electron chi connectivity index (χ2n) is 7.08. The van der Waals surface area contributed by atoms with Crippen LogP contribution < -0.4 is 5.32 Å². The lowest BCUT2D eigenvalue weighted by molar-refractivity contribution is -0.141. The van der Waals surface area contributed by atoms with Gasteiger partial charge in [-0.05, 0) is 37.3 Å². The Kier molecular flexibility index (Phi) is 5.21. The number of benzene rings is 1. The highest BCUT2D eigenvalue weighted by Crippen LogP contribution is 2.22. The minimum atomic E-state index is -0.508. The van der Waals surface area contributed by atoms with Crippen LogP contribution in [0.25, 0.3) is 11.0 Å². The highest BCUT2D eigenvalue weighted by molar-refractivity contribution is 5.97. The van der Waals surface area contributed by atoms with Gasteiger partial charge in [0.15, 0.2) is 0 Å². The van der Waals surface area contributed by atoms with Crippen molar-refractivity contribution in [3.05, 3.63) is 23.8 Å². The van der Waals surface area contributed by atoms with Gasteiger partial charge in [-0.15, -0.1) is 0 Å². The van der Waals surface area contributed by atoms with Crippen LogP contribution >= 0.6 is 0 Å². The second kappa shape index (κ2) is 7.56. The molecule has 0 radical (unpaired) electrons. The van der Waals surface area contributed by atoms with Crippen LogP contribution in [0.15, 0.2) is 18.2 Å². The van der Waals surface area contributed by atoms with Gasteiger partial charge in [0, 0.05) is 13.0 Å². The van der Waals surface area contributed by atoms with Crippen LogP contribution in [-0.2, 0) is 9.59 Å². The number of amides is 2. The molecule has 1 saturated heterocycles. The Hall–Kier alpha value is -2.88. The van der Waals surface area contributed by atoms with E-state index in [0.717, 1.165) is 12.8 Å². The minimum absolute atomic E-state index is 0.0356. The number of nitrogens with zero attached hydrogens (tertiary/aromatic N) is 3. The molecule has 136 valence electrons. The maximum absolute atomic E-state index is 12.9. The summed E-state index contributed by atoms with van der Waals surface area (Å²) < 4.78 is 0. The molecule has 0 saturated carbocycles. The van der Waals surface area contributed by atoms with Crippen LogP contribution in [0.4, 0.5) is 5.95 Å². The molecule has 2 N–H and O–H groups in total. The summed E-state index contributed by atoms with van der Waals surface area (Å²) in [6.45, 7) is 4.69. The largest absolute Gasteiger partial charge is 0.331 e. The first-order valence-corrected chi connectivity index (χ1v) is 8.98. The maximum atomic E-state index is 12.9. The van der Waals surface area contributed by atoms with Gasteiger partial charge in [0.25, 0.3) is 0 Å². The Morgan fingerprint density at radius 3 is 2.92 bits per heavy atom. The molecule has 26 heavy (non-hydrogen) atoms. The molecule has 1 aliphatic heterocycles. The van der Waals surface area contributed by atoms with Crippen LogP contribution in [0.1, 0.15) is 45.1 Å². The lowest BCUT2D eigenvalue weighted by Gasteiger charge is -2.34. The molecule has 2 amide bonds. The number of rotatable bonds is 5. The van der Waals surface area contributed by atoms with Crippen molar-refractivity contribution in [1.82, 2.24) is 14.9 Å². The molecular weight excluding hydrogens is 330 g/mol. The quantitative estimate of drug-likeness (QED) is 0.863. The summed E-state index contributed by atoms with van der Waals surface area (Å²) in [6.07, 6.45) is 2.90. The smallest absolute Gasteiger partial charge is 0.249 e. The first kappa shape index (κ1) is 17.9. The molecule has 0 bridgehead atoms. The molecule has 1 aliphatic rings. The molecule has 0 aliphatic carbocycles. The lowest BCUT2D eigenvalue weighted by atomic mass is 9.99. The van der Waals surface area contributed by atoms with Gasteiger partial charge in [0.05, 0.1) is 11.1 Å². The van der Waals surface area contributed by atoms with Gasteiger partial charge < -0.3 is 9.88 Å². The Bertz CT molecular complexity index is 864. The van der Waals surface area contributed by atoms with E-state index >= 15 is 0 Å². The zero-order chi connectivity index (χ0) is 18.7. The number of para-hydroxylation sites is 1. The number of nitriles is 1. The Morgan fingerprint density at radius 1 is 1.42 bits per heavy atom. The number of carbonyl (C=O) groups is 2. The summed E-state index contributed by atoms with van der Waals surface area (Å²) in [6, 6.07) is 6.84. The highest BCUT2D eigenvalue weighted by atomic mass is 16.2. The van der Waals surface area contributed by atoms with E-state index in [9.17, 15) is 14.9 Å². The predicted octanol–water partition coefficient (Wildman–Crippen LogP) is 2.80. The van der Waals surface area contributed by atoms with Gasteiger partial charge in [0.2, 0.25) is 17.8 Å². The molecule has 1 aromatic heterocycles. The Labute approximate surface area is 152 Å². The van der Waals surface area contributed by atoms with Gasteiger partial charge in [-0.2, -0.15) is 5.26 Å². The van der Waals surface area contributed by atoms with E-state index < -0.39 is 6.04 Å². The summed E-state index contributed by atoms with van der Waals surface area (Å²) in [5.74, 6) is 0.368. The molecule has 1 atom stereocenters. The number of likely N-dealkylation sites (tertiary alicyclic amines) is 1. The van der Waals surface area contributed by atoms with E-state index in [0.29, 0.717) is 41.9 Å². The molecule has 2 heterocycles. The average molecular weight is 353 g/mol. The van der Waals surface area contributed by atoms with Crippen LogP contribution in [0.2, 0.25) is 0 Å². The average Bonchev–Trinajstić information content (AvgIpc) is 3.02. The lowest BCUT2D eigenvalue weighted by Crippen LogP contribution is -2.50. The highest BCUT2D eigenvalue weighted by Gasteiger charge is 2.32. The van der Waals surface area contributed by atoms with E-state index in [1.165, 1.54) is 0 Å². The molecule has 7 heteroatoms. The number of imidazole rings is 1. The third-order valence-corrected chi connectivity index (χ3v) is 4.61. The standard InChI is InChI=1S/C19H23N5O2/c1-12(2)10-15(24-9-4-3-8-16(24)25)18(26)23-19-21-14-7-5-6-13(11-20)17(14)22-19/h5-7,12,15H,3-4,8-10H2,1-2H3,(H2,21,22,23,26). The maximum Gasteiger partial charge on any atom is 0.249 e. The number of aromatic nitrogens is 2. The zero-order valence-electron chi connectivity index (χ0n) is 15.1. The fourth-order valence-corrected chi connectivity index (χ4v) is 3.36. The van der Waals surface area contributed by atoms with E-state index in [-0.39, 0.29) is 17.7 Å². The molecule has 0 spiro atoms. The Balaban J connectivity index is 1.83. The third kappa shape index (κ3) is 3.69. The monoisotopic (exact) mass is 353 g/mol. The first-order valence-electron chi connectivity index (χ1n) is 8.98. The van der Waals surface area contributed by atoms with Gasteiger partial charge in [-0.25, -0.2) is 4.98 Å². The summed E-state index contributed by atoms with van der Waals surface area (Å²) in [5, 5.41) is 12.0. The summed E-state index contributed by atoms with van der Waals surface area (Å²) in [4.78, 5) is 34.2. The predicted molar refractivity (Wildman–Crippen MR) is 98.2 cm³/mol. The topological polar surface area (TPSA) is 102 Å². The summed E-state index contributed by atoms with van der Waals surface area (Å²) in [5.41, 5.74) is 1.66. The van der Waals surface area contributed by atoms with Gasteiger partial charge in [-0.3, -0.25) is 14.9 Å². The molecular formula is C19H23N5O2. The molecule has 2 aromatic rings. The van der Waals surface area contributed by atoms with Crippen LogP contribution in [0, 0.1) is 17.2 Å². The van der Waals surface area contributed by atoms with E-state index in [1.54, 1.807) is 23.1 Å². The summed E-state index contributed by atoms with van der Waals surface area (Å²) in [7, 11) is 0. The van der Waals surface area contributed by atoms with Gasteiger partial charge in [0.1, 0.15) is 17.6 Å². The summed E-state index contributed by atoms with van der Waals surface area (Å²) >= 11 is 0. The SMILES string of the molecule is CC(C)CC(C(=O)Nc1nc2c(C#N)cccc2[nH]1)N1CCCCC1=O. The zero-order valence-corrected chi connectivity index (χ0v) is 15.1. The van der Waals surface area contributed by atoms with Crippen LogP contribution in [0.5, 0.6) is 0 Å². The molecule has 7 nitrogen and oxygen atoms in total. The molecule has 1 unspecified atom stereocenters. The van der Waals surface area contributed by atoms with E-state index in [1.807, 2.05) is 13.8 Å². The number of fused-ring (bicyclic) bond motifs is 1. The number of carbonyl (C=O) groups excluding carboxylic acids is 2. The Morgan fingerprint density at radius 2 is 2.23 bits per heavy atom. The molecule has 3 rings (SSSR count). The number of H-pyrrole nitrogens is 1. The van der Waals surface area contributed by atoms with Crippen molar-refractivity contribution in [2.24, 2.45) is 5.92 Å². The third-order valence-electron chi connectivity index (χ3n) is 4.61. The van der Waals surface area contributed by atoms with Crippen molar-refractivity contribution >= 4 is 28.8 Å². The van der Waals surface area contributed by atoms with E-state index in [2.05, 4.69) is 21.4 Å². The van der Waals surface area contributed by atoms with Crippen LogP contribution in [-0.4, -0.2) is 39.3 Å². The van der Waals surface area contributed by atoms with Crippen molar-refractivity contribution < 1.29 is 9.59 Å². The minimum Gasteiger partial charge on any atom is -0.331 e. The fraction of sp³-hybridized carbons (Fsp3) is 0.474. The number of hydrogen-bond donors (Lipinski definition) is 2. The first-order chi connectivity index (χ1) is 12.5. The van der Waals surface area contributed by atoms with E-state index in [4.69, 9.17) is 0 Å². The number of piperidine rings is 1. The van der Waals surface area contributed by atoms with Gasteiger partial charge >= 0.3 is 0 Å². The number of aromatic amines is 1. The van der Waals surface area contributed by atoms with Crippen molar-refractivity contribution in [3.8, 4) is 6.07 Å².